The molecule has 0 radical (unpaired) electrons. The lowest BCUT2D eigenvalue weighted by Gasteiger charge is -2.26. The summed E-state index contributed by atoms with van der Waals surface area (Å²) in [5.74, 6) is 2.94. The van der Waals surface area contributed by atoms with Crippen molar-refractivity contribution in [2.24, 2.45) is 11.8 Å². The van der Waals surface area contributed by atoms with Crippen molar-refractivity contribution in [3.63, 3.8) is 0 Å². The predicted octanol–water partition coefficient (Wildman–Crippen LogP) is 2.69. The van der Waals surface area contributed by atoms with Gasteiger partial charge in [0.25, 0.3) is 0 Å². The Morgan fingerprint density at radius 1 is 1.47 bits per heavy atom. The summed E-state index contributed by atoms with van der Waals surface area (Å²) >= 11 is 0. The van der Waals surface area contributed by atoms with Crippen molar-refractivity contribution in [2.45, 2.75) is 39.0 Å². The highest BCUT2D eigenvalue weighted by Crippen LogP contribution is 2.30. The molecule has 1 heterocycles. The van der Waals surface area contributed by atoms with E-state index < -0.39 is 0 Å². The summed E-state index contributed by atoms with van der Waals surface area (Å²) in [5, 5.41) is 3.25. The molecular formula is C13H22N4. The summed E-state index contributed by atoms with van der Waals surface area (Å²) in [7, 11) is 0. The second-order valence-electron chi connectivity index (χ2n) is 5.16. The van der Waals surface area contributed by atoms with E-state index in [-0.39, 0.29) is 0 Å². The van der Waals surface area contributed by atoms with E-state index in [0.717, 1.165) is 18.4 Å². The van der Waals surface area contributed by atoms with Gasteiger partial charge in [-0.2, -0.15) is 4.98 Å². The van der Waals surface area contributed by atoms with Crippen molar-refractivity contribution in [1.82, 2.24) is 9.97 Å². The Kier molecular flexibility index (Phi) is 4.18. The molecule has 0 aliphatic heterocycles. The van der Waals surface area contributed by atoms with Gasteiger partial charge >= 0.3 is 0 Å². The quantitative estimate of drug-likeness (QED) is 0.840. The third-order valence-corrected chi connectivity index (χ3v) is 3.56. The zero-order valence-corrected chi connectivity index (χ0v) is 10.5. The van der Waals surface area contributed by atoms with Crippen LogP contribution < -0.4 is 11.1 Å². The maximum absolute atomic E-state index is 5.60. The summed E-state index contributed by atoms with van der Waals surface area (Å²) in [5.41, 5.74) is 5.60. The number of hydrogen-bond acceptors (Lipinski definition) is 4. The second-order valence-corrected chi connectivity index (χ2v) is 5.16. The van der Waals surface area contributed by atoms with Gasteiger partial charge in [-0.1, -0.05) is 26.2 Å². The Balaban J connectivity index is 1.72. The Morgan fingerprint density at radius 2 is 2.35 bits per heavy atom. The molecule has 2 atom stereocenters. The first-order valence-electron chi connectivity index (χ1n) is 6.56. The van der Waals surface area contributed by atoms with Crippen LogP contribution in [0.1, 0.15) is 39.0 Å². The van der Waals surface area contributed by atoms with Gasteiger partial charge in [-0.15, -0.1) is 0 Å². The highest BCUT2D eigenvalue weighted by molar-refractivity contribution is 5.34. The standard InChI is InChI=1S/C13H22N4/c1-10-3-2-4-11(9-10)5-7-15-13-16-8-6-12(14)17-13/h6,8,10-11H,2-5,7,9H2,1H3,(H3,14,15,16,17). The van der Waals surface area contributed by atoms with Crippen molar-refractivity contribution in [1.29, 1.82) is 0 Å². The number of anilines is 2. The molecule has 0 aromatic carbocycles. The maximum Gasteiger partial charge on any atom is 0.224 e. The number of nitrogen functional groups attached to an aromatic ring is 1. The first-order valence-corrected chi connectivity index (χ1v) is 6.56. The van der Waals surface area contributed by atoms with E-state index in [1.54, 1.807) is 12.3 Å². The second kappa shape index (κ2) is 5.84. The van der Waals surface area contributed by atoms with E-state index in [0.29, 0.717) is 11.8 Å². The number of rotatable bonds is 4. The fraction of sp³-hybridized carbons (Fsp3) is 0.692. The van der Waals surface area contributed by atoms with E-state index in [9.17, 15) is 0 Å². The molecule has 1 aromatic heterocycles. The van der Waals surface area contributed by atoms with E-state index in [1.807, 2.05) is 0 Å². The van der Waals surface area contributed by atoms with Crippen LogP contribution in [-0.2, 0) is 0 Å². The summed E-state index contributed by atoms with van der Waals surface area (Å²) in [4.78, 5) is 8.26. The molecule has 1 aliphatic rings. The van der Waals surface area contributed by atoms with Crippen LogP contribution in [0, 0.1) is 11.8 Å². The van der Waals surface area contributed by atoms with Crippen LogP contribution in [-0.4, -0.2) is 16.5 Å². The first-order chi connectivity index (χ1) is 8.24. The van der Waals surface area contributed by atoms with E-state index >= 15 is 0 Å². The van der Waals surface area contributed by atoms with Crippen molar-refractivity contribution in [3.8, 4) is 0 Å². The van der Waals surface area contributed by atoms with Gasteiger partial charge < -0.3 is 11.1 Å². The topological polar surface area (TPSA) is 63.8 Å². The molecule has 2 rings (SSSR count). The van der Waals surface area contributed by atoms with Crippen molar-refractivity contribution in [3.05, 3.63) is 12.3 Å². The minimum atomic E-state index is 0.522. The first kappa shape index (κ1) is 12.1. The van der Waals surface area contributed by atoms with Gasteiger partial charge in [0.2, 0.25) is 5.95 Å². The third kappa shape index (κ3) is 3.88. The van der Waals surface area contributed by atoms with E-state index in [2.05, 4.69) is 22.2 Å². The van der Waals surface area contributed by atoms with Crippen LogP contribution in [0.25, 0.3) is 0 Å². The van der Waals surface area contributed by atoms with Gasteiger partial charge in [-0.3, -0.25) is 0 Å². The lowest BCUT2D eigenvalue weighted by Crippen LogP contribution is -2.17. The Hall–Kier alpha value is -1.32. The molecule has 0 saturated heterocycles. The SMILES string of the molecule is CC1CCCC(CCNc2nccc(N)n2)C1. The fourth-order valence-corrected chi connectivity index (χ4v) is 2.67. The zero-order chi connectivity index (χ0) is 12.1. The minimum Gasteiger partial charge on any atom is -0.384 e. The Labute approximate surface area is 103 Å². The molecule has 17 heavy (non-hydrogen) atoms. The normalized spacial score (nSPS) is 24.5. The van der Waals surface area contributed by atoms with Gasteiger partial charge in [0.1, 0.15) is 5.82 Å². The van der Waals surface area contributed by atoms with Crippen LogP contribution in [0.4, 0.5) is 11.8 Å². The highest BCUT2D eigenvalue weighted by Gasteiger charge is 2.18. The molecule has 0 amide bonds. The number of aromatic nitrogens is 2. The maximum atomic E-state index is 5.60. The highest BCUT2D eigenvalue weighted by atomic mass is 15.1. The Morgan fingerprint density at radius 3 is 3.12 bits per heavy atom. The van der Waals surface area contributed by atoms with E-state index in [4.69, 9.17) is 5.73 Å². The van der Waals surface area contributed by atoms with Crippen molar-refractivity contribution < 1.29 is 0 Å². The van der Waals surface area contributed by atoms with Crippen LogP contribution >= 0.6 is 0 Å². The smallest absolute Gasteiger partial charge is 0.224 e. The molecule has 1 aromatic rings. The minimum absolute atomic E-state index is 0.522. The molecule has 1 saturated carbocycles. The number of nitrogens with zero attached hydrogens (tertiary/aromatic N) is 2. The van der Waals surface area contributed by atoms with E-state index in [1.165, 1.54) is 32.1 Å². The van der Waals surface area contributed by atoms with Gasteiger partial charge in [-0.25, -0.2) is 4.98 Å². The van der Waals surface area contributed by atoms with Gasteiger partial charge in [0.05, 0.1) is 0 Å². The molecular weight excluding hydrogens is 212 g/mol. The largest absolute Gasteiger partial charge is 0.384 e. The molecule has 3 N–H and O–H groups in total. The predicted molar refractivity (Wildman–Crippen MR) is 70.7 cm³/mol. The molecule has 4 heteroatoms. The fourth-order valence-electron chi connectivity index (χ4n) is 2.67. The van der Waals surface area contributed by atoms with Crippen molar-refractivity contribution in [2.75, 3.05) is 17.6 Å². The van der Waals surface area contributed by atoms with Crippen LogP contribution in [0.5, 0.6) is 0 Å². The average molecular weight is 234 g/mol. The summed E-state index contributed by atoms with van der Waals surface area (Å²) < 4.78 is 0. The van der Waals surface area contributed by atoms with Gasteiger partial charge in [0.15, 0.2) is 0 Å². The van der Waals surface area contributed by atoms with Gasteiger partial charge in [0, 0.05) is 12.7 Å². The monoisotopic (exact) mass is 234 g/mol. The number of nitrogens with two attached hydrogens (primary N) is 1. The van der Waals surface area contributed by atoms with Crippen LogP contribution in [0.15, 0.2) is 12.3 Å². The molecule has 1 fully saturated rings. The summed E-state index contributed by atoms with van der Waals surface area (Å²) in [6, 6.07) is 1.70. The number of nitrogens with one attached hydrogen (secondary N) is 1. The molecule has 0 spiro atoms. The van der Waals surface area contributed by atoms with Gasteiger partial charge in [-0.05, 0) is 30.7 Å². The summed E-state index contributed by atoms with van der Waals surface area (Å²) in [6.45, 7) is 3.31. The number of hydrogen-bond donors (Lipinski definition) is 2. The molecule has 4 nitrogen and oxygen atoms in total. The Bertz CT molecular complexity index is 353. The molecule has 0 bridgehead atoms. The molecule has 94 valence electrons. The average Bonchev–Trinajstić information content (AvgIpc) is 2.29. The molecule has 2 unspecified atom stereocenters. The summed E-state index contributed by atoms with van der Waals surface area (Å²) in [6.07, 6.45) is 8.45. The lowest BCUT2D eigenvalue weighted by molar-refractivity contribution is 0.274. The van der Waals surface area contributed by atoms with Crippen LogP contribution in [0.3, 0.4) is 0 Å². The lowest BCUT2D eigenvalue weighted by atomic mass is 9.81. The van der Waals surface area contributed by atoms with Crippen LogP contribution in [0.2, 0.25) is 0 Å². The third-order valence-electron chi connectivity index (χ3n) is 3.56. The van der Waals surface area contributed by atoms with Crippen molar-refractivity contribution >= 4 is 11.8 Å². The molecule has 1 aliphatic carbocycles. The zero-order valence-electron chi connectivity index (χ0n) is 10.5.